The molecule has 0 saturated carbocycles. The summed E-state index contributed by atoms with van der Waals surface area (Å²) in [6.07, 6.45) is 58.9. The number of hydrogen-bond donors (Lipinski definition) is 2. The number of esters is 1. The summed E-state index contributed by atoms with van der Waals surface area (Å²) in [6, 6.07) is -0.864. The van der Waals surface area contributed by atoms with Gasteiger partial charge in [0.15, 0.2) is 0 Å². The minimum Gasteiger partial charge on any atom is -0.456 e. The van der Waals surface area contributed by atoms with Crippen molar-refractivity contribution >= 4 is 19.7 Å². The van der Waals surface area contributed by atoms with Crippen molar-refractivity contribution in [3.05, 3.63) is 72.9 Å². The summed E-state index contributed by atoms with van der Waals surface area (Å²) in [5, 5.41) is 3.03. The molecule has 67 heavy (non-hydrogen) atoms. The largest absolute Gasteiger partial charge is 0.472 e. The van der Waals surface area contributed by atoms with Gasteiger partial charge in [0.1, 0.15) is 19.3 Å². The number of quaternary nitrogens is 1. The Kier molecular flexibility index (Phi) is 45.3. The summed E-state index contributed by atoms with van der Waals surface area (Å²) in [5.74, 6) is -0.546. The highest BCUT2D eigenvalue weighted by Gasteiger charge is 2.30. The van der Waals surface area contributed by atoms with Crippen LogP contribution in [0.15, 0.2) is 72.9 Å². The molecule has 10 heteroatoms. The third-order valence-corrected chi connectivity index (χ3v) is 12.7. The first-order chi connectivity index (χ1) is 32.4. The number of nitrogens with one attached hydrogen (secondary N) is 1. The van der Waals surface area contributed by atoms with Gasteiger partial charge >= 0.3 is 13.8 Å². The fraction of sp³-hybridized carbons (Fsp3) is 0.754. The molecule has 0 spiro atoms. The van der Waals surface area contributed by atoms with E-state index in [9.17, 15) is 19.0 Å². The van der Waals surface area contributed by atoms with E-state index in [0.29, 0.717) is 17.4 Å². The summed E-state index contributed by atoms with van der Waals surface area (Å²) in [6.45, 7) is 6.81. The van der Waals surface area contributed by atoms with Crippen molar-refractivity contribution in [3.63, 3.8) is 0 Å². The Morgan fingerprint density at radius 1 is 0.537 bits per heavy atom. The second kappa shape index (κ2) is 47.1. The number of rotatable bonds is 48. The predicted octanol–water partition coefficient (Wildman–Crippen LogP) is 16.1. The van der Waals surface area contributed by atoms with Gasteiger partial charge in [-0.25, -0.2) is 4.57 Å². The van der Waals surface area contributed by atoms with Crippen LogP contribution in [0.1, 0.15) is 226 Å². The van der Waals surface area contributed by atoms with E-state index in [1.807, 2.05) is 39.4 Å². The van der Waals surface area contributed by atoms with Crippen LogP contribution in [0.5, 0.6) is 0 Å². The first kappa shape index (κ1) is 64.5. The predicted molar refractivity (Wildman–Crippen MR) is 286 cm³/mol. The Bertz CT molecular complexity index is 1380. The second-order valence-corrected chi connectivity index (χ2v) is 20.9. The van der Waals surface area contributed by atoms with Crippen LogP contribution in [0, 0.1) is 0 Å². The van der Waals surface area contributed by atoms with Gasteiger partial charge in [0.2, 0.25) is 5.91 Å². The van der Waals surface area contributed by atoms with Crippen molar-refractivity contribution in [2.45, 2.75) is 238 Å². The highest BCUT2D eigenvalue weighted by Crippen LogP contribution is 2.43. The molecule has 0 heterocycles. The first-order valence-electron chi connectivity index (χ1n) is 27.3. The normalized spacial score (nSPS) is 14.4. The Morgan fingerprint density at radius 3 is 1.46 bits per heavy atom. The van der Waals surface area contributed by atoms with Crippen LogP contribution in [0.4, 0.5) is 0 Å². The second-order valence-electron chi connectivity index (χ2n) is 19.5. The minimum absolute atomic E-state index is 0.0312. The van der Waals surface area contributed by atoms with Crippen LogP contribution in [-0.2, 0) is 27.9 Å². The molecule has 0 aromatic rings. The lowest BCUT2D eigenvalue weighted by Crippen LogP contribution is -2.47. The quantitative estimate of drug-likeness (QED) is 0.0156. The van der Waals surface area contributed by atoms with Crippen molar-refractivity contribution in [1.29, 1.82) is 0 Å². The Labute approximate surface area is 413 Å². The Balaban J connectivity index is 5.47. The number of nitrogens with zero attached hydrogens (tertiary/aromatic N) is 1. The molecule has 0 aromatic carbocycles. The Hall–Kier alpha value is -2.55. The average Bonchev–Trinajstić information content (AvgIpc) is 3.28. The van der Waals surface area contributed by atoms with E-state index in [0.717, 1.165) is 103 Å². The van der Waals surface area contributed by atoms with Crippen molar-refractivity contribution in [2.24, 2.45) is 0 Å². The Morgan fingerprint density at radius 2 is 0.955 bits per heavy atom. The van der Waals surface area contributed by atoms with E-state index >= 15 is 0 Å². The summed E-state index contributed by atoms with van der Waals surface area (Å²) in [5.41, 5.74) is 0. The smallest absolute Gasteiger partial charge is 0.456 e. The zero-order valence-corrected chi connectivity index (χ0v) is 45.0. The van der Waals surface area contributed by atoms with Gasteiger partial charge in [0.25, 0.3) is 0 Å². The number of phosphoric acid groups is 1. The van der Waals surface area contributed by atoms with E-state index < -0.39 is 20.0 Å². The number of likely N-dealkylation sites (N-methyl/N-ethyl adjacent to an activating group) is 1. The lowest BCUT2D eigenvalue weighted by atomic mass is 10.0. The third-order valence-electron chi connectivity index (χ3n) is 11.7. The molecule has 2 N–H and O–H groups in total. The lowest BCUT2D eigenvalue weighted by molar-refractivity contribution is -0.870. The number of ether oxygens (including phenoxy) is 1. The standard InChI is InChI=1S/C57H103N2O7P/c1-7-10-13-16-19-22-25-28-29-32-35-38-41-44-47-50-57(61)66-55(48-45-42-39-36-33-30-26-23-20-17-14-11-8-2)54(53-65-67(62,63)64-52-51-59(4,5)6)58-56(60)49-46-43-40-37-34-31-27-24-21-18-15-12-9-3/h12,15,18-19,21-22,24-25,27-28,45,48,54-55H,7-11,13-14,16-17,20,23,26,29-44,46-47,49-53H2,1-6H3,(H-,58,60,62,63)/p+1/b15-12+,21-18+,22-19+,27-24-,28-25+,48-45+. The van der Waals surface area contributed by atoms with Gasteiger partial charge in [-0.15, -0.1) is 0 Å². The van der Waals surface area contributed by atoms with Crippen LogP contribution >= 0.6 is 7.82 Å². The van der Waals surface area contributed by atoms with Crippen LogP contribution < -0.4 is 5.32 Å². The fourth-order valence-electron chi connectivity index (χ4n) is 7.46. The molecule has 0 aromatic heterocycles. The number of carbonyl (C=O) groups excluding carboxylic acids is 2. The molecule has 0 radical (unpaired) electrons. The average molecular weight is 960 g/mol. The van der Waals surface area contributed by atoms with E-state index in [4.69, 9.17) is 13.8 Å². The fourth-order valence-corrected chi connectivity index (χ4v) is 8.19. The van der Waals surface area contributed by atoms with Crippen LogP contribution in [0.25, 0.3) is 0 Å². The van der Waals surface area contributed by atoms with Gasteiger partial charge in [0.05, 0.1) is 33.8 Å². The highest BCUT2D eigenvalue weighted by molar-refractivity contribution is 7.47. The van der Waals surface area contributed by atoms with Gasteiger partial charge in [-0.3, -0.25) is 18.6 Å². The van der Waals surface area contributed by atoms with E-state index in [1.165, 1.54) is 89.9 Å². The molecule has 0 aliphatic rings. The topological polar surface area (TPSA) is 111 Å². The van der Waals surface area contributed by atoms with Gasteiger partial charge in [0, 0.05) is 12.8 Å². The van der Waals surface area contributed by atoms with Gasteiger partial charge in [-0.1, -0.05) is 210 Å². The first-order valence-corrected chi connectivity index (χ1v) is 28.8. The molecule has 1 amide bonds. The number of phosphoric ester groups is 1. The van der Waals surface area contributed by atoms with Gasteiger partial charge < -0.3 is 19.4 Å². The number of allylic oxidation sites excluding steroid dienone is 11. The van der Waals surface area contributed by atoms with Gasteiger partial charge in [-0.05, 0) is 76.7 Å². The molecule has 3 unspecified atom stereocenters. The van der Waals surface area contributed by atoms with E-state index in [2.05, 4.69) is 80.8 Å². The van der Waals surface area contributed by atoms with Crippen molar-refractivity contribution in [2.75, 3.05) is 40.9 Å². The molecule has 0 aliphatic carbocycles. The van der Waals surface area contributed by atoms with Crippen molar-refractivity contribution in [1.82, 2.24) is 5.32 Å². The zero-order valence-electron chi connectivity index (χ0n) is 44.1. The maximum atomic E-state index is 13.4. The number of amides is 1. The van der Waals surface area contributed by atoms with Crippen molar-refractivity contribution < 1.29 is 37.3 Å². The SMILES string of the molecule is CC/C=C/C=C/C=C\CCCCCCCC(=O)NC(COP(=O)(O)OCC[N+](C)(C)C)C(/C=C/CCCCCCCCCCCCC)OC(=O)CCCCCCCC/C=C/C=C/CCCCC. The monoisotopic (exact) mass is 960 g/mol. The van der Waals surface area contributed by atoms with E-state index in [-0.39, 0.29) is 31.5 Å². The molecular formula is C57H104N2O7P+. The molecule has 0 aliphatic heterocycles. The minimum atomic E-state index is -4.45. The summed E-state index contributed by atoms with van der Waals surface area (Å²) in [7, 11) is 1.46. The third kappa shape index (κ3) is 48.3. The van der Waals surface area contributed by atoms with Crippen LogP contribution in [-0.4, -0.2) is 74.3 Å². The highest BCUT2D eigenvalue weighted by atomic mass is 31.2. The van der Waals surface area contributed by atoms with E-state index in [1.54, 1.807) is 0 Å². The molecule has 0 saturated heterocycles. The summed E-state index contributed by atoms with van der Waals surface area (Å²) in [4.78, 5) is 37.5. The molecule has 0 fully saturated rings. The molecule has 9 nitrogen and oxygen atoms in total. The lowest BCUT2D eigenvalue weighted by Gasteiger charge is -2.27. The van der Waals surface area contributed by atoms with Crippen LogP contribution in [0.3, 0.4) is 0 Å². The maximum Gasteiger partial charge on any atom is 0.472 e. The van der Waals surface area contributed by atoms with Crippen molar-refractivity contribution in [3.8, 4) is 0 Å². The molecular weight excluding hydrogens is 856 g/mol. The zero-order chi connectivity index (χ0) is 49.4. The molecule has 0 bridgehead atoms. The summed E-state index contributed by atoms with van der Waals surface area (Å²) >= 11 is 0. The molecule has 0 rings (SSSR count). The van der Waals surface area contributed by atoms with Crippen LogP contribution in [0.2, 0.25) is 0 Å². The maximum absolute atomic E-state index is 13.4. The van der Waals surface area contributed by atoms with Gasteiger partial charge in [-0.2, -0.15) is 0 Å². The number of unbranched alkanes of at least 4 members (excludes halogenated alkanes) is 25. The number of carbonyl (C=O) groups is 2. The molecule has 388 valence electrons. The summed E-state index contributed by atoms with van der Waals surface area (Å²) < 4.78 is 30.5. The molecule has 3 atom stereocenters. The number of hydrogen-bond acceptors (Lipinski definition) is 6.